The summed E-state index contributed by atoms with van der Waals surface area (Å²) in [5, 5.41) is 3.72. The zero-order valence-corrected chi connectivity index (χ0v) is 18.7. The molecule has 5 nitrogen and oxygen atoms in total. The Balaban J connectivity index is 2.02. The number of hydrogen-bond donors (Lipinski definition) is 1. The minimum absolute atomic E-state index is 0.256. The van der Waals surface area contributed by atoms with Crippen molar-refractivity contribution in [2.45, 2.75) is 40.7 Å². The molecule has 2 amide bonds. The number of benzene rings is 2. The molecule has 1 aliphatic rings. The second-order valence-electron chi connectivity index (χ2n) is 8.14. The van der Waals surface area contributed by atoms with Gasteiger partial charge in [-0.15, -0.1) is 0 Å². The predicted octanol–water partition coefficient (Wildman–Crippen LogP) is 5.28. The lowest BCUT2D eigenvalue weighted by Gasteiger charge is -2.19. The smallest absolute Gasteiger partial charge is 0.278 e. The summed E-state index contributed by atoms with van der Waals surface area (Å²) in [7, 11) is 0. The molecule has 1 heterocycles. The van der Waals surface area contributed by atoms with Crippen molar-refractivity contribution in [2.75, 3.05) is 11.9 Å². The monoisotopic (exact) mass is 426 g/mol. The molecular formula is C24H27ClN2O3. The standard InChI is InChI=1S/C24H27ClN2O3/c1-14(2)13-30-19-10-7-17(8-11-19)21-22(24(29)27(15(3)4)23(21)28)26-20-12-18(25)9-6-16(20)5/h6-12,14-15,26H,13H2,1-5H3. The summed E-state index contributed by atoms with van der Waals surface area (Å²) in [5.74, 6) is 0.487. The van der Waals surface area contributed by atoms with Crippen LogP contribution in [0.3, 0.4) is 0 Å². The summed E-state index contributed by atoms with van der Waals surface area (Å²) in [6.07, 6.45) is 0. The van der Waals surface area contributed by atoms with E-state index in [1.54, 1.807) is 12.1 Å². The van der Waals surface area contributed by atoms with Gasteiger partial charge in [0.05, 0.1) is 12.2 Å². The average Bonchev–Trinajstić information content (AvgIpc) is 2.93. The molecule has 0 aromatic heterocycles. The topological polar surface area (TPSA) is 58.6 Å². The second-order valence-corrected chi connectivity index (χ2v) is 8.57. The first-order valence-corrected chi connectivity index (χ1v) is 10.5. The van der Waals surface area contributed by atoms with Gasteiger partial charge in [0.1, 0.15) is 11.4 Å². The lowest BCUT2D eigenvalue weighted by molar-refractivity contribution is -0.138. The highest BCUT2D eigenvalue weighted by molar-refractivity contribution is 6.36. The zero-order valence-electron chi connectivity index (χ0n) is 18.0. The number of nitrogens with zero attached hydrogens (tertiary/aromatic N) is 1. The van der Waals surface area contributed by atoms with Crippen molar-refractivity contribution < 1.29 is 14.3 Å². The Morgan fingerprint density at radius 3 is 2.27 bits per heavy atom. The largest absolute Gasteiger partial charge is 0.493 e. The summed E-state index contributed by atoms with van der Waals surface area (Å²) in [6.45, 7) is 10.3. The average molecular weight is 427 g/mol. The van der Waals surface area contributed by atoms with E-state index < -0.39 is 0 Å². The first kappa shape index (κ1) is 21.9. The first-order chi connectivity index (χ1) is 14.2. The fraction of sp³-hybridized carbons (Fsp3) is 0.333. The number of hydrogen-bond acceptors (Lipinski definition) is 4. The molecule has 0 spiro atoms. The number of halogens is 1. The van der Waals surface area contributed by atoms with E-state index >= 15 is 0 Å². The molecule has 1 aliphatic heterocycles. The number of rotatable bonds is 7. The third-order valence-corrected chi connectivity index (χ3v) is 5.05. The van der Waals surface area contributed by atoms with Crippen LogP contribution in [0.2, 0.25) is 5.02 Å². The van der Waals surface area contributed by atoms with Gasteiger partial charge in [0.15, 0.2) is 0 Å². The fourth-order valence-corrected chi connectivity index (χ4v) is 3.42. The van der Waals surface area contributed by atoms with E-state index in [0.29, 0.717) is 34.4 Å². The van der Waals surface area contributed by atoms with E-state index in [0.717, 1.165) is 11.3 Å². The molecule has 3 rings (SSSR count). The van der Waals surface area contributed by atoms with Crippen LogP contribution in [0.25, 0.3) is 5.57 Å². The number of aryl methyl sites for hydroxylation is 1. The van der Waals surface area contributed by atoms with Gasteiger partial charge < -0.3 is 10.1 Å². The minimum atomic E-state index is -0.343. The molecule has 2 aromatic carbocycles. The maximum Gasteiger partial charge on any atom is 0.278 e. The Kier molecular flexibility index (Phi) is 6.52. The van der Waals surface area contributed by atoms with E-state index in [1.165, 1.54) is 4.90 Å². The first-order valence-electron chi connectivity index (χ1n) is 10.1. The van der Waals surface area contributed by atoms with Crippen molar-refractivity contribution in [3.63, 3.8) is 0 Å². The summed E-state index contributed by atoms with van der Waals surface area (Å²) in [6, 6.07) is 12.4. The fourth-order valence-electron chi connectivity index (χ4n) is 3.24. The summed E-state index contributed by atoms with van der Waals surface area (Å²) in [4.78, 5) is 27.6. The molecular weight excluding hydrogens is 400 g/mol. The SMILES string of the molecule is Cc1ccc(Cl)cc1NC1=C(c2ccc(OCC(C)C)cc2)C(=O)N(C(C)C)C1=O. The van der Waals surface area contributed by atoms with Gasteiger partial charge in [-0.25, -0.2) is 0 Å². The number of ether oxygens (including phenoxy) is 1. The molecule has 0 bridgehead atoms. The van der Waals surface area contributed by atoms with Gasteiger partial charge in [0, 0.05) is 16.8 Å². The van der Waals surface area contributed by atoms with Gasteiger partial charge in [0.2, 0.25) is 0 Å². The van der Waals surface area contributed by atoms with Gasteiger partial charge >= 0.3 is 0 Å². The van der Waals surface area contributed by atoms with Crippen LogP contribution in [0.15, 0.2) is 48.2 Å². The third-order valence-electron chi connectivity index (χ3n) is 4.82. The van der Waals surface area contributed by atoms with Gasteiger partial charge in [-0.3, -0.25) is 14.5 Å². The van der Waals surface area contributed by atoms with Crippen molar-refractivity contribution in [3.05, 3.63) is 64.3 Å². The molecule has 0 fully saturated rings. The molecule has 158 valence electrons. The maximum atomic E-state index is 13.2. The minimum Gasteiger partial charge on any atom is -0.493 e. The number of amides is 2. The Hall–Kier alpha value is -2.79. The molecule has 0 aliphatic carbocycles. The Morgan fingerprint density at radius 2 is 1.67 bits per heavy atom. The van der Waals surface area contributed by atoms with Crippen LogP contribution < -0.4 is 10.1 Å². The number of nitrogens with one attached hydrogen (secondary N) is 1. The highest BCUT2D eigenvalue weighted by Gasteiger charge is 2.40. The third kappa shape index (κ3) is 4.51. The van der Waals surface area contributed by atoms with Crippen molar-refractivity contribution >= 4 is 34.7 Å². The normalized spacial score (nSPS) is 14.3. The van der Waals surface area contributed by atoms with Crippen LogP contribution in [-0.2, 0) is 9.59 Å². The molecule has 1 N–H and O–H groups in total. The number of anilines is 1. The molecule has 6 heteroatoms. The molecule has 2 aromatic rings. The van der Waals surface area contributed by atoms with E-state index in [4.69, 9.17) is 16.3 Å². The molecule has 30 heavy (non-hydrogen) atoms. The van der Waals surface area contributed by atoms with Crippen molar-refractivity contribution in [1.82, 2.24) is 4.90 Å². The summed E-state index contributed by atoms with van der Waals surface area (Å²) in [5.41, 5.74) is 2.89. The zero-order chi connectivity index (χ0) is 22.0. The maximum absolute atomic E-state index is 13.2. The van der Waals surface area contributed by atoms with Crippen molar-refractivity contribution in [2.24, 2.45) is 5.92 Å². The lowest BCUT2D eigenvalue weighted by atomic mass is 10.0. The number of carbonyl (C=O) groups excluding carboxylic acids is 2. The van der Waals surface area contributed by atoms with E-state index in [2.05, 4.69) is 19.2 Å². The van der Waals surface area contributed by atoms with Crippen LogP contribution in [0.4, 0.5) is 5.69 Å². The predicted molar refractivity (Wildman–Crippen MR) is 120 cm³/mol. The van der Waals surface area contributed by atoms with E-state index in [1.807, 2.05) is 51.1 Å². The van der Waals surface area contributed by atoms with Crippen molar-refractivity contribution in [1.29, 1.82) is 0 Å². The van der Waals surface area contributed by atoms with Gasteiger partial charge in [0.25, 0.3) is 11.8 Å². The van der Waals surface area contributed by atoms with Crippen LogP contribution in [-0.4, -0.2) is 29.4 Å². The molecule has 0 atom stereocenters. The molecule has 0 saturated carbocycles. The quantitative estimate of drug-likeness (QED) is 0.611. The van der Waals surface area contributed by atoms with Gasteiger partial charge in [-0.05, 0) is 62.1 Å². The van der Waals surface area contributed by atoms with Crippen molar-refractivity contribution in [3.8, 4) is 5.75 Å². The lowest BCUT2D eigenvalue weighted by Crippen LogP contribution is -2.38. The molecule has 0 radical (unpaired) electrons. The number of imide groups is 1. The van der Waals surface area contributed by atoms with Crippen LogP contribution in [0, 0.1) is 12.8 Å². The Labute approximate surface area is 182 Å². The number of carbonyl (C=O) groups is 2. The highest BCUT2D eigenvalue weighted by atomic mass is 35.5. The Morgan fingerprint density at radius 1 is 1.00 bits per heavy atom. The van der Waals surface area contributed by atoms with Crippen LogP contribution in [0.1, 0.15) is 38.8 Å². The van der Waals surface area contributed by atoms with E-state index in [9.17, 15) is 9.59 Å². The van der Waals surface area contributed by atoms with E-state index in [-0.39, 0.29) is 23.6 Å². The van der Waals surface area contributed by atoms with Gasteiger partial charge in [-0.1, -0.05) is 43.6 Å². The van der Waals surface area contributed by atoms with Crippen LogP contribution >= 0.6 is 11.6 Å². The van der Waals surface area contributed by atoms with Gasteiger partial charge in [-0.2, -0.15) is 0 Å². The highest BCUT2D eigenvalue weighted by Crippen LogP contribution is 2.33. The second kappa shape index (κ2) is 8.92. The van der Waals surface area contributed by atoms with Crippen LogP contribution in [0.5, 0.6) is 5.75 Å². The summed E-state index contributed by atoms with van der Waals surface area (Å²) < 4.78 is 5.74. The molecule has 0 unspecified atom stereocenters. The Bertz CT molecular complexity index is 994. The molecule has 0 saturated heterocycles. The summed E-state index contributed by atoms with van der Waals surface area (Å²) >= 11 is 6.14.